The number of ether oxygens (including phenoxy) is 3. The minimum Gasteiger partial charge on any atom is -0.481 e. The number of amides is 2. The SMILES string of the molecule is CCOC(=O)COc1cc(C(=O)N[C@@H](CCC(=O)O)C(=O)N2CCN(OC(=O)OCC)CC2)nn1C(C)C. The Kier molecular flexibility index (Phi) is 11.8. The second-order valence-corrected chi connectivity index (χ2v) is 8.49. The highest BCUT2D eigenvalue weighted by atomic mass is 16.8. The van der Waals surface area contributed by atoms with Gasteiger partial charge in [0, 0.05) is 25.6 Å². The van der Waals surface area contributed by atoms with E-state index in [1.807, 2.05) is 0 Å². The Balaban J connectivity index is 2.09. The summed E-state index contributed by atoms with van der Waals surface area (Å²) in [4.78, 5) is 67.0. The van der Waals surface area contributed by atoms with Crippen LogP contribution in [0.5, 0.6) is 5.88 Å². The highest BCUT2D eigenvalue weighted by Crippen LogP contribution is 2.19. The number of piperazine rings is 1. The van der Waals surface area contributed by atoms with Crippen molar-refractivity contribution in [1.82, 2.24) is 25.1 Å². The van der Waals surface area contributed by atoms with Gasteiger partial charge in [-0.2, -0.15) is 5.10 Å². The van der Waals surface area contributed by atoms with E-state index in [1.54, 1.807) is 27.7 Å². The van der Waals surface area contributed by atoms with Crippen LogP contribution in [-0.4, -0.2) is 107 Å². The maximum Gasteiger partial charge on any atom is 0.527 e. The fraction of sp³-hybridized carbons (Fsp3) is 0.652. The van der Waals surface area contributed by atoms with Crippen molar-refractivity contribution in [2.45, 2.75) is 52.6 Å². The molecule has 2 N–H and O–H groups in total. The number of carboxylic acids is 1. The van der Waals surface area contributed by atoms with Gasteiger partial charge in [0.2, 0.25) is 11.8 Å². The van der Waals surface area contributed by atoms with Crippen LogP contribution in [0.2, 0.25) is 0 Å². The summed E-state index contributed by atoms with van der Waals surface area (Å²) in [6, 6.07) is -0.0192. The van der Waals surface area contributed by atoms with Gasteiger partial charge >= 0.3 is 18.1 Å². The Morgan fingerprint density at radius 2 is 1.71 bits per heavy atom. The number of hydrogen-bond acceptors (Lipinski definition) is 11. The molecule has 1 aliphatic rings. The van der Waals surface area contributed by atoms with E-state index < -0.39 is 36.0 Å². The Morgan fingerprint density at radius 3 is 2.29 bits per heavy atom. The molecule has 2 heterocycles. The molecule has 0 aliphatic carbocycles. The number of esters is 1. The maximum absolute atomic E-state index is 13.2. The summed E-state index contributed by atoms with van der Waals surface area (Å²) in [6.45, 7) is 7.69. The molecular formula is C23H35N5O10. The van der Waals surface area contributed by atoms with Crippen LogP contribution in [0.4, 0.5) is 4.79 Å². The van der Waals surface area contributed by atoms with Crippen LogP contribution in [0.3, 0.4) is 0 Å². The Morgan fingerprint density at radius 1 is 1.05 bits per heavy atom. The molecule has 0 aromatic carbocycles. The van der Waals surface area contributed by atoms with Crippen molar-refractivity contribution in [3.63, 3.8) is 0 Å². The van der Waals surface area contributed by atoms with Gasteiger partial charge in [-0.05, 0) is 34.1 Å². The zero-order valence-electron chi connectivity index (χ0n) is 22.0. The predicted molar refractivity (Wildman–Crippen MR) is 129 cm³/mol. The lowest BCUT2D eigenvalue weighted by Crippen LogP contribution is -2.55. The average Bonchev–Trinajstić information content (AvgIpc) is 3.30. The molecule has 38 heavy (non-hydrogen) atoms. The molecule has 1 saturated heterocycles. The molecular weight excluding hydrogens is 506 g/mol. The summed E-state index contributed by atoms with van der Waals surface area (Å²) < 4.78 is 16.4. The number of aliphatic carboxylic acids is 1. The molecule has 0 spiro atoms. The van der Waals surface area contributed by atoms with E-state index in [9.17, 15) is 24.0 Å². The first-order valence-electron chi connectivity index (χ1n) is 12.3. The third-order valence-corrected chi connectivity index (χ3v) is 5.33. The number of carbonyl (C=O) groups excluding carboxylic acids is 4. The van der Waals surface area contributed by atoms with Gasteiger partial charge in [-0.15, -0.1) is 5.06 Å². The van der Waals surface area contributed by atoms with Gasteiger partial charge in [-0.1, -0.05) is 0 Å². The monoisotopic (exact) mass is 541 g/mol. The molecule has 1 atom stereocenters. The van der Waals surface area contributed by atoms with Crippen molar-refractivity contribution in [2.24, 2.45) is 0 Å². The summed E-state index contributed by atoms with van der Waals surface area (Å²) in [5, 5.41) is 17.3. The average molecular weight is 542 g/mol. The molecule has 1 fully saturated rings. The third kappa shape index (κ3) is 9.21. The lowest BCUT2D eigenvalue weighted by Gasteiger charge is -2.35. The van der Waals surface area contributed by atoms with Crippen molar-refractivity contribution in [3.8, 4) is 5.88 Å². The van der Waals surface area contributed by atoms with Gasteiger partial charge in [-0.3, -0.25) is 14.4 Å². The van der Waals surface area contributed by atoms with Crippen molar-refractivity contribution in [3.05, 3.63) is 11.8 Å². The minimum atomic E-state index is -1.13. The molecule has 2 amide bonds. The minimum absolute atomic E-state index is 0.0710. The van der Waals surface area contributed by atoms with E-state index in [4.69, 9.17) is 24.2 Å². The summed E-state index contributed by atoms with van der Waals surface area (Å²) >= 11 is 0. The number of nitrogens with zero attached hydrogens (tertiary/aromatic N) is 4. The summed E-state index contributed by atoms with van der Waals surface area (Å²) in [6.07, 6.45) is -1.33. The first-order chi connectivity index (χ1) is 18.0. The van der Waals surface area contributed by atoms with Gasteiger partial charge in [0.25, 0.3) is 5.91 Å². The molecule has 1 aliphatic heterocycles. The highest BCUT2D eigenvalue weighted by molar-refractivity contribution is 5.96. The summed E-state index contributed by atoms with van der Waals surface area (Å²) in [5.41, 5.74) is -0.0710. The lowest BCUT2D eigenvalue weighted by atomic mass is 10.1. The van der Waals surface area contributed by atoms with E-state index in [0.717, 1.165) is 0 Å². The van der Waals surface area contributed by atoms with Gasteiger partial charge < -0.3 is 34.4 Å². The van der Waals surface area contributed by atoms with Crippen molar-refractivity contribution in [2.75, 3.05) is 46.0 Å². The zero-order chi connectivity index (χ0) is 28.2. The molecule has 15 heteroatoms. The number of aromatic nitrogens is 2. The number of hydroxylamine groups is 2. The van der Waals surface area contributed by atoms with Crippen molar-refractivity contribution in [1.29, 1.82) is 0 Å². The molecule has 0 radical (unpaired) electrons. The smallest absolute Gasteiger partial charge is 0.481 e. The normalized spacial score (nSPS) is 14.5. The number of carboxylic acid groups (broad SMARTS) is 1. The number of hydrogen-bond donors (Lipinski definition) is 2. The standard InChI is InChI=1S/C23H35N5O10/c1-5-35-20(31)14-37-18-13-17(25-28(18)15(3)4)21(32)24-16(7-8-19(29)30)22(33)26-9-11-27(12-10-26)38-23(34)36-6-2/h13,15-16H,5-12,14H2,1-4H3,(H,24,32)(H,29,30)/t16-/m0/s1. The van der Waals surface area contributed by atoms with Crippen molar-refractivity contribution >= 4 is 29.9 Å². The van der Waals surface area contributed by atoms with Crippen LogP contribution in [0, 0.1) is 0 Å². The zero-order valence-corrected chi connectivity index (χ0v) is 22.0. The van der Waals surface area contributed by atoms with Crippen LogP contribution < -0.4 is 10.1 Å². The van der Waals surface area contributed by atoms with Crippen LogP contribution in [0.15, 0.2) is 6.07 Å². The van der Waals surface area contributed by atoms with Gasteiger partial charge in [0.05, 0.1) is 32.3 Å². The largest absolute Gasteiger partial charge is 0.527 e. The first kappa shape index (κ1) is 30.3. The van der Waals surface area contributed by atoms with E-state index in [0.29, 0.717) is 0 Å². The number of rotatable bonds is 13. The summed E-state index contributed by atoms with van der Waals surface area (Å²) in [5.74, 6) is -2.73. The molecule has 212 valence electrons. The number of carbonyl (C=O) groups is 5. The highest BCUT2D eigenvalue weighted by Gasteiger charge is 2.31. The molecule has 15 nitrogen and oxygen atoms in total. The van der Waals surface area contributed by atoms with Crippen molar-refractivity contribution < 1.29 is 48.1 Å². The molecule has 0 bridgehead atoms. The fourth-order valence-corrected chi connectivity index (χ4v) is 3.53. The van der Waals surface area contributed by atoms with Crippen LogP contribution in [-0.2, 0) is 28.7 Å². The maximum atomic E-state index is 13.2. The van der Waals surface area contributed by atoms with Gasteiger partial charge in [0.1, 0.15) is 6.04 Å². The number of nitrogens with one attached hydrogen (secondary N) is 1. The second-order valence-electron chi connectivity index (χ2n) is 8.49. The Labute approximate surface area is 219 Å². The lowest BCUT2D eigenvalue weighted by molar-refractivity contribution is -0.157. The van der Waals surface area contributed by atoms with Crippen LogP contribution >= 0.6 is 0 Å². The first-order valence-corrected chi connectivity index (χ1v) is 12.3. The molecule has 2 rings (SSSR count). The Bertz CT molecular complexity index is 987. The summed E-state index contributed by atoms with van der Waals surface area (Å²) in [7, 11) is 0. The fourth-order valence-electron chi connectivity index (χ4n) is 3.53. The van der Waals surface area contributed by atoms with E-state index in [-0.39, 0.29) is 76.5 Å². The van der Waals surface area contributed by atoms with Gasteiger partial charge in [0.15, 0.2) is 12.3 Å². The van der Waals surface area contributed by atoms with Gasteiger partial charge in [-0.25, -0.2) is 14.3 Å². The molecule has 0 saturated carbocycles. The quantitative estimate of drug-likeness (QED) is 0.333. The molecule has 0 unspecified atom stereocenters. The molecule has 1 aromatic rings. The Hall–Kier alpha value is -3.88. The predicted octanol–water partition coefficient (Wildman–Crippen LogP) is 0.601. The third-order valence-electron chi connectivity index (χ3n) is 5.33. The topological polar surface area (TPSA) is 179 Å². The van der Waals surface area contributed by atoms with Crippen LogP contribution in [0.1, 0.15) is 57.1 Å². The second kappa shape index (κ2) is 14.8. The van der Waals surface area contributed by atoms with E-state index in [1.165, 1.54) is 20.7 Å². The van der Waals surface area contributed by atoms with Crippen LogP contribution in [0.25, 0.3) is 0 Å². The molecule has 1 aromatic heterocycles. The van der Waals surface area contributed by atoms with E-state index in [2.05, 4.69) is 10.4 Å². The van der Waals surface area contributed by atoms with E-state index >= 15 is 0 Å².